The van der Waals surface area contributed by atoms with Gasteiger partial charge in [-0.2, -0.15) is 0 Å². The molecule has 4 fully saturated rings. The Balaban J connectivity index is 1.00. The molecule has 0 bridgehead atoms. The van der Waals surface area contributed by atoms with Crippen LogP contribution in [-0.2, 0) is 10.2 Å². The average molecular weight is 601 g/mol. The zero-order valence-electron chi connectivity index (χ0n) is 27.0. The van der Waals surface area contributed by atoms with Gasteiger partial charge < -0.3 is 30.5 Å². The fraction of sp³-hybridized carbons (Fsp3) is 0.812. The summed E-state index contributed by atoms with van der Waals surface area (Å²) in [7, 11) is 2.25. The van der Waals surface area contributed by atoms with E-state index in [0.717, 1.165) is 25.4 Å². The van der Waals surface area contributed by atoms with Crippen molar-refractivity contribution in [1.82, 2.24) is 25.8 Å². The second kappa shape index (κ2) is 12.3. The molecule has 242 valence electrons. The normalized spacial score (nSPS) is 38.1. The standard InChI is InChI=1S/C32H56N8O3/c1-7-38(16-24-27(41)28(42)31(43-24)40-18-36-26-29(33)34-17-35-30(26)40)21-13-19(14-21)9-12-25-37(6)22-11-10-20(32(3,4)5)15-23(22)39(25)8-2/h10-11,15,19,21,24-31,34-36,41-42H,7-9,12-14,16-18,33H2,1-6H3/t19-,21-,24-,25?,26?,27-,28-,29?,30?,31-/m1/s1. The first-order valence-corrected chi connectivity index (χ1v) is 16.6. The van der Waals surface area contributed by atoms with E-state index < -0.39 is 24.5 Å². The number of fused-ring (bicyclic) bond motifs is 2. The Morgan fingerprint density at radius 2 is 1.81 bits per heavy atom. The minimum absolute atomic E-state index is 0.0170. The van der Waals surface area contributed by atoms with Gasteiger partial charge in [-0.1, -0.05) is 33.8 Å². The van der Waals surface area contributed by atoms with Gasteiger partial charge in [0.05, 0.1) is 36.4 Å². The number of aliphatic hydroxyl groups excluding tert-OH is 2. The Morgan fingerprint density at radius 3 is 2.51 bits per heavy atom. The second-order valence-electron chi connectivity index (χ2n) is 14.5. The number of rotatable bonds is 9. The minimum atomic E-state index is -0.959. The summed E-state index contributed by atoms with van der Waals surface area (Å²) in [5, 5.41) is 32.0. The predicted octanol–water partition coefficient (Wildman–Crippen LogP) is 0.906. The van der Waals surface area contributed by atoms with Gasteiger partial charge in [-0.25, -0.2) is 4.90 Å². The third-order valence-electron chi connectivity index (χ3n) is 11.0. The highest BCUT2D eigenvalue weighted by molar-refractivity contribution is 5.78. The third kappa shape index (κ3) is 5.81. The highest BCUT2D eigenvalue weighted by atomic mass is 16.6. The van der Waals surface area contributed by atoms with Gasteiger partial charge in [-0.05, 0) is 68.2 Å². The molecule has 3 saturated heterocycles. The van der Waals surface area contributed by atoms with Gasteiger partial charge in [0.1, 0.15) is 30.7 Å². The largest absolute Gasteiger partial charge is 0.387 e. The zero-order chi connectivity index (χ0) is 30.6. The number of nitrogens with one attached hydrogen (secondary N) is 3. The number of hydrogen-bond donors (Lipinski definition) is 6. The number of anilines is 2. The van der Waals surface area contributed by atoms with Crippen LogP contribution >= 0.6 is 0 Å². The number of nitrogens with zero attached hydrogens (tertiary/aromatic N) is 4. The van der Waals surface area contributed by atoms with Crippen LogP contribution in [0.3, 0.4) is 0 Å². The number of hydrogen-bond acceptors (Lipinski definition) is 11. The first-order valence-electron chi connectivity index (χ1n) is 16.6. The lowest BCUT2D eigenvalue weighted by molar-refractivity contribution is -0.110. The summed E-state index contributed by atoms with van der Waals surface area (Å²) in [6, 6.07) is 7.54. The molecule has 7 N–H and O–H groups in total. The summed E-state index contributed by atoms with van der Waals surface area (Å²) in [6.07, 6.45) is 2.06. The maximum atomic E-state index is 11.0. The molecular weight excluding hydrogens is 544 g/mol. The third-order valence-corrected chi connectivity index (χ3v) is 11.0. The Morgan fingerprint density at radius 1 is 1.05 bits per heavy atom. The Kier molecular flexibility index (Phi) is 9.02. The minimum Gasteiger partial charge on any atom is -0.387 e. The Labute approximate surface area is 258 Å². The molecule has 43 heavy (non-hydrogen) atoms. The van der Waals surface area contributed by atoms with Crippen molar-refractivity contribution < 1.29 is 14.9 Å². The monoisotopic (exact) mass is 600 g/mol. The molecule has 1 aromatic rings. The van der Waals surface area contributed by atoms with Crippen LogP contribution in [0.15, 0.2) is 18.2 Å². The Hall–Kier alpha value is -1.54. The van der Waals surface area contributed by atoms with E-state index in [-0.39, 0.29) is 23.8 Å². The molecule has 0 aromatic heterocycles. The molecule has 0 amide bonds. The summed E-state index contributed by atoms with van der Waals surface area (Å²) in [5.41, 5.74) is 10.5. The molecular formula is C32H56N8O3. The predicted molar refractivity (Wildman–Crippen MR) is 171 cm³/mol. The molecule has 0 radical (unpaired) electrons. The van der Waals surface area contributed by atoms with Gasteiger partial charge in [-0.15, -0.1) is 0 Å². The van der Waals surface area contributed by atoms with Crippen LogP contribution < -0.4 is 31.5 Å². The van der Waals surface area contributed by atoms with E-state index >= 15 is 0 Å². The van der Waals surface area contributed by atoms with Crippen LogP contribution in [0.4, 0.5) is 11.4 Å². The van der Waals surface area contributed by atoms with Gasteiger partial charge in [0.15, 0.2) is 0 Å². The first kappa shape index (κ1) is 31.4. The first-order chi connectivity index (χ1) is 20.5. The van der Waals surface area contributed by atoms with Crippen molar-refractivity contribution in [2.75, 3.05) is 49.8 Å². The number of aliphatic hydroxyl groups is 2. The lowest BCUT2D eigenvalue weighted by Gasteiger charge is -2.44. The van der Waals surface area contributed by atoms with Crippen molar-refractivity contribution in [2.45, 2.75) is 121 Å². The van der Waals surface area contributed by atoms with Gasteiger partial charge >= 0.3 is 0 Å². The molecule has 1 aliphatic carbocycles. The lowest BCUT2D eigenvalue weighted by atomic mass is 9.76. The van der Waals surface area contributed by atoms with Crippen LogP contribution in [0.1, 0.15) is 65.9 Å². The number of likely N-dealkylation sites (N-methyl/N-ethyl adjacent to an activating group) is 1. The van der Waals surface area contributed by atoms with Crippen molar-refractivity contribution >= 4 is 11.4 Å². The fourth-order valence-corrected chi connectivity index (χ4v) is 8.17. The van der Waals surface area contributed by atoms with Crippen LogP contribution in [0.2, 0.25) is 0 Å². The van der Waals surface area contributed by atoms with E-state index in [2.05, 4.69) is 95.4 Å². The number of ether oxygens (including phenoxy) is 1. The van der Waals surface area contributed by atoms with E-state index in [1.54, 1.807) is 0 Å². The second-order valence-corrected chi connectivity index (χ2v) is 14.5. The summed E-state index contributed by atoms with van der Waals surface area (Å²) in [6.45, 7) is 15.0. The Bertz CT molecular complexity index is 1110. The molecule has 4 unspecified atom stereocenters. The summed E-state index contributed by atoms with van der Waals surface area (Å²) in [5.74, 6) is 0.718. The molecule has 4 heterocycles. The van der Waals surface area contributed by atoms with E-state index in [1.807, 2.05) is 0 Å². The highest BCUT2D eigenvalue weighted by Gasteiger charge is 2.52. The molecule has 5 aliphatic rings. The molecule has 4 aliphatic heterocycles. The van der Waals surface area contributed by atoms with Crippen molar-refractivity contribution in [3.8, 4) is 0 Å². The lowest BCUT2D eigenvalue weighted by Crippen LogP contribution is -2.68. The molecule has 11 nitrogen and oxygen atoms in total. The molecule has 1 aromatic carbocycles. The summed E-state index contributed by atoms with van der Waals surface area (Å²) >= 11 is 0. The highest BCUT2D eigenvalue weighted by Crippen LogP contribution is 2.44. The van der Waals surface area contributed by atoms with Crippen molar-refractivity contribution in [1.29, 1.82) is 0 Å². The van der Waals surface area contributed by atoms with Crippen LogP contribution in [0.5, 0.6) is 0 Å². The number of benzene rings is 1. The van der Waals surface area contributed by atoms with Crippen molar-refractivity contribution in [3.05, 3.63) is 23.8 Å². The quantitative estimate of drug-likeness (QED) is 0.242. The van der Waals surface area contributed by atoms with E-state index in [4.69, 9.17) is 10.5 Å². The summed E-state index contributed by atoms with van der Waals surface area (Å²) in [4.78, 5) is 9.58. The van der Waals surface area contributed by atoms with Gasteiger partial charge in [0.2, 0.25) is 0 Å². The van der Waals surface area contributed by atoms with Gasteiger partial charge in [-0.3, -0.25) is 20.9 Å². The van der Waals surface area contributed by atoms with Crippen molar-refractivity contribution in [3.63, 3.8) is 0 Å². The molecule has 11 heteroatoms. The zero-order valence-corrected chi connectivity index (χ0v) is 27.0. The average Bonchev–Trinajstić information content (AvgIpc) is 3.59. The molecule has 1 saturated carbocycles. The summed E-state index contributed by atoms with van der Waals surface area (Å²) < 4.78 is 6.38. The van der Waals surface area contributed by atoms with E-state index in [1.165, 1.54) is 36.2 Å². The fourth-order valence-electron chi connectivity index (χ4n) is 8.17. The topological polar surface area (TPSA) is 125 Å². The van der Waals surface area contributed by atoms with E-state index in [0.29, 0.717) is 32.1 Å². The smallest absolute Gasteiger partial charge is 0.142 e. The maximum Gasteiger partial charge on any atom is 0.142 e. The molecule has 8 atom stereocenters. The van der Waals surface area contributed by atoms with Crippen LogP contribution in [-0.4, -0.2) is 115 Å². The number of nitrogens with two attached hydrogens (primary N) is 1. The molecule has 6 rings (SSSR count). The molecule has 0 spiro atoms. The van der Waals surface area contributed by atoms with Gasteiger partial charge in [0, 0.05) is 32.8 Å². The van der Waals surface area contributed by atoms with Crippen LogP contribution in [0, 0.1) is 5.92 Å². The van der Waals surface area contributed by atoms with Crippen LogP contribution in [0.25, 0.3) is 0 Å². The van der Waals surface area contributed by atoms with Crippen molar-refractivity contribution in [2.24, 2.45) is 11.7 Å². The SMILES string of the molecule is CCN1c2cc(C(C)(C)C)ccc2N(C)C1CC[C@H]1C[C@H](N(CC)C[C@H]2O[C@@H](N3CNC4C(N)NCNC43)[C@H](O)[C@@H]2O)C1. The van der Waals surface area contributed by atoms with Gasteiger partial charge in [0.25, 0.3) is 0 Å². The van der Waals surface area contributed by atoms with E-state index in [9.17, 15) is 10.2 Å². The maximum absolute atomic E-state index is 11.0.